The SMILES string of the molecule is CC(C(F)Oc1cccc2cc(-c3nc4cc5c(nc4n3C)CCN(CC(CF)NC(=O)O)C5=O)n(CC3CC3)c12)n1ccnc1. The predicted molar refractivity (Wildman–Crippen MR) is 165 cm³/mol. The maximum atomic E-state index is 15.5. The summed E-state index contributed by atoms with van der Waals surface area (Å²) < 4.78 is 40.6. The lowest BCUT2D eigenvalue weighted by Crippen LogP contribution is -2.48. The van der Waals surface area contributed by atoms with Gasteiger partial charge in [0.1, 0.15) is 17.9 Å². The van der Waals surface area contributed by atoms with E-state index >= 15 is 4.39 Å². The van der Waals surface area contributed by atoms with Crippen molar-refractivity contribution >= 4 is 34.1 Å². The minimum absolute atomic E-state index is 0.0842. The average Bonchev–Trinajstić information content (AvgIpc) is 3.40. The molecule has 46 heavy (non-hydrogen) atoms. The summed E-state index contributed by atoms with van der Waals surface area (Å²) in [6.45, 7) is 1.73. The fourth-order valence-electron chi connectivity index (χ4n) is 6.20. The summed E-state index contributed by atoms with van der Waals surface area (Å²) in [6, 6.07) is 7.72. The van der Waals surface area contributed by atoms with E-state index < -0.39 is 31.2 Å². The molecule has 12 nitrogen and oxygen atoms in total. The fourth-order valence-corrected chi connectivity index (χ4v) is 6.20. The molecule has 1 aliphatic heterocycles. The van der Waals surface area contributed by atoms with Gasteiger partial charge in [-0.1, -0.05) is 12.1 Å². The summed E-state index contributed by atoms with van der Waals surface area (Å²) in [4.78, 5) is 39.7. The number of ether oxygens (including phenoxy) is 1. The smallest absolute Gasteiger partial charge is 0.405 e. The highest BCUT2D eigenvalue weighted by atomic mass is 19.1. The van der Waals surface area contributed by atoms with Crippen LogP contribution in [0.15, 0.2) is 49.1 Å². The first-order valence-electron chi connectivity index (χ1n) is 15.3. The molecule has 1 aromatic carbocycles. The number of carbonyl (C=O) groups is 2. The molecule has 3 unspecified atom stereocenters. The van der Waals surface area contributed by atoms with Crippen molar-refractivity contribution in [1.29, 1.82) is 0 Å². The standard InChI is InChI=1S/C32H34F2N8O4/c1-18(41-11-9-35-17-41)28(34)46-26-5-3-4-20-12-25(42(27(20)26)15-19-6-7-19)30-38-24-13-22-23(37-29(24)39(30)2)8-10-40(31(22)43)16-21(14-33)36-32(44)45/h3-5,9,11-13,17-19,21,28,36H,6-8,10,14-16H2,1-2H3,(H,44,45). The van der Waals surface area contributed by atoms with Crippen molar-refractivity contribution in [1.82, 2.24) is 38.9 Å². The van der Waals surface area contributed by atoms with Crippen molar-refractivity contribution in [3.63, 3.8) is 0 Å². The van der Waals surface area contributed by atoms with Gasteiger partial charge in [-0.3, -0.25) is 4.79 Å². The summed E-state index contributed by atoms with van der Waals surface area (Å²) in [7, 11) is 1.88. The monoisotopic (exact) mass is 632 g/mol. The van der Waals surface area contributed by atoms with Crippen molar-refractivity contribution in [2.75, 3.05) is 19.8 Å². The molecule has 2 aliphatic rings. The number of nitrogens with one attached hydrogen (secondary N) is 1. The van der Waals surface area contributed by atoms with Crippen LogP contribution in [0.25, 0.3) is 33.6 Å². The number of carbonyl (C=O) groups excluding carboxylic acids is 1. The Morgan fingerprint density at radius 2 is 2.07 bits per heavy atom. The van der Waals surface area contributed by atoms with Gasteiger partial charge in [0, 0.05) is 50.9 Å². The van der Waals surface area contributed by atoms with E-state index in [1.54, 1.807) is 42.3 Å². The van der Waals surface area contributed by atoms with Crippen LogP contribution in [0.4, 0.5) is 13.6 Å². The molecule has 1 fully saturated rings. The van der Waals surface area contributed by atoms with E-state index in [9.17, 15) is 14.0 Å². The van der Waals surface area contributed by atoms with Gasteiger partial charge in [0.2, 0.25) is 0 Å². The lowest BCUT2D eigenvalue weighted by molar-refractivity contribution is 0.0249. The molecule has 2 N–H and O–H groups in total. The Labute approximate surface area is 262 Å². The first-order valence-corrected chi connectivity index (χ1v) is 15.3. The van der Waals surface area contributed by atoms with Crippen molar-refractivity contribution in [3.05, 3.63) is 60.3 Å². The van der Waals surface area contributed by atoms with Crippen molar-refractivity contribution < 1.29 is 28.2 Å². The maximum absolute atomic E-state index is 15.5. The quantitative estimate of drug-likeness (QED) is 0.215. The molecule has 240 valence electrons. The number of hydrogen-bond donors (Lipinski definition) is 2. The first kappa shape index (κ1) is 29.7. The lowest BCUT2D eigenvalue weighted by Gasteiger charge is -2.30. The van der Waals surface area contributed by atoms with Gasteiger partial charge >= 0.3 is 6.09 Å². The highest BCUT2D eigenvalue weighted by Gasteiger charge is 2.31. The van der Waals surface area contributed by atoms with Crippen LogP contribution < -0.4 is 10.1 Å². The van der Waals surface area contributed by atoms with Gasteiger partial charge in [0.05, 0.1) is 40.9 Å². The molecule has 0 radical (unpaired) electrons. The normalized spacial score (nSPS) is 16.9. The van der Waals surface area contributed by atoms with Crippen LogP contribution in [0, 0.1) is 5.92 Å². The number of nitrogens with zero attached hydrogens (tertiary/aromatic N) is 7. The summed E-state index contributed by atoms with van der Waals surface area (Å²) >= 11 is 0. The zero-order valence-corrected chi connectivity index (χ0v) is 25.4. The number of amides is 2. The van der Waals surface area contributed by atoms with E-state index in [1.807, 2.05) is 29.8 Å². The summed E-state index contributed by atoms with van der Waals surface area (Å²) in [5, 5.41) is 12.0. The molecule has 3 atom stereocenters. The van der Waals surface area contributed by atoms with E-state index in [1.165, 1.54) is 4.90 Å². The van der Waals surface area contributed by atoms with Crippen molar-refractivity contribution in [2.24, 2.45) is 13.0 Å². The molecule has 5 heterocycles. The third kappa shape index (κ3) is 5.41. The van der Waals surface area contributed by atoms with Gasteiger partial charge in [0.25, 0.3) is 12.3 Å². The highest BCUT2D eigenvalue weighted by molar-refractivity contribution is 5.99. The number of halogens is 2. The molecule has 2 amide bonds. The number of rotatable bonds is 11. The molecule has 1 aliphatic carbocycles. The maximum Gasteiger partial charge on any atom is 0.405 e. The Morgan fingerprint density at radius 3 is 2.78 bits per heavy atom. The van der Waals surface area contributed by atoms with Crippen molar-refractivity contribution in [3.8, 4) is 17.3 Å². The second kappa shape index (κ2) is 11.7. The second-order valence-electron chi connectivity index (χ2n) is 12.1. The molecular formula is C32H34F2N8O4. The van der Waals surface area contributed by atoms with E-state index in [4.69, 9.17) is 19.8 Å². The molecule has 7 rings (SSSR count). The van der Waals surface area contributed by atoms with Crippen LogP contribution in [0.2, 0.25) is 0 Å². The number of fused-ring (bicyclic) bond motifs is 3. The largest absolute Gasteiger partial charge is 0.465 e. The predicted octanol–water partition coefficient (Wildman–Crippen LogP) is 4.74. The van der Waals surface area contributed by atoms with E-state index in [-0.39, 0.29) is 12.5 Å². The number of hydrogen-bond acceptors (Lipinski definition) is 6. The third-order valence-corrected chi connectivity index (χ3v) is 8.88. The van der Waals surface area contributed by atoms with Gasteiger partial charge in [0.15, 0.2) is 11.5 Å². The summed E-state index contributed by atoms with van der Waals surface area (Å²) in [5.41, 5.74) is 3.73. The number of aryl methyl sites for hydroxylation is 1. The number of benzene rings is 1. The van der Waals surface area contributed by atoms with Gasteiger partial charge < -0.3 is 33.8 Å². The number of carboxylic acid groups (broad SMARTS) is 1. The van der Waals surface area contributed by atoms with Crippen LogP contribution in [-0.2, 0) is 20.0 Å². The number of imidazole rings is 2. The Hall–Kier alpha value is -5.01. The zero-order chi connectivity index (χ0) is 32.1. The minimum Gasteiger partial charge on any atom is -0.465 e. The van der Waals surface area contributed by atoms with Crippen LogP contribution >= 0.6 is 0 Å². The molecule has 0 bridgehead atoms. The van der Waals surface area contributed by atoms with Gasteiger partial charge in [-0.15, -0.1) is 0 Å². The zero-order valence-electron chi connectivity index (χ0n) is 25.4. The average molecular weight is 633 g/mol. The summed E-state index contributed by atoms with van der Waals surface area (Å²) in [5.74, 6) is 1.22. The Bertz CT molecular complexity index is 1930. The van der Waals surface area contributed by atoms with Crippen molar-refractivity contribution in [2.45, 2.75) is 51.2 Å². The molecule has 0 saturated heterocycles. The molecule has 1 saturated carbocycles. The highest BCUT2D eigenvalue weighted by Crippen LogP contribution is 2.40. The van der Waals surface area contributed by atoms with Gasteiger partial charge in [-0.05, 0) is 43.9 Å². The number of aromatic nitrogens is 6. The number of alkyl halides is 2. The van der Waals surface area contributed by atoms with E-state index in [2.05, 4.69) is 14.9 Å². The molecular weight excluding hydrogens is 598 g/mol. The minimum atomic E-state index is -1.61. The molecule has 4 aromatic heterocycles. The fraction of sp³-hybridized carbons (Fsp3) is 0.406. The van der Waals surface area contributed by atoms with Crippen LogP contribution in [0.5, 0.6) is 5.75 Å². The number of pyridine rings is 1. The van der Waals surface area contributed by atoms with E-state index in [0.29, 0.717) is 59.4 Å². The second-order valence-corrected chi connectivity index (χ2v) is 12.1. The molecule has 5 aromatic rings. The third-order valence-electron chi connectivity index (χ3n) is 8.88. The topological polar surface area (TPSA) is 132 Å². The summed E-state index contributed by atoms with van der Waals surface area (Å²) in [6.07, 6.45) is 4.56. The lowest BCUT2D eigenvalue weighted by atomic mass is 10.0. The number of para-hydroxylation sites is 1. The van der Waals surface area contributed by atoms with Gasteiger partial charge in [-0.2, -0.15) is 4.39 Å². The van der Waals surface area contributed by atoms with Crippen LogP contribution in [-0.4, -0.2) is 82.8 Å². The Kier molecular flexibility index (Phi) is 7.57. The van der Waals surface area contributed by atoms with Gasteiger partial charge in [-0.25, -0.2) is 24.1 Å². The first-order chi connectivity index (χ1) is 22.2. The van der Waals surface area contributed by atoms with Crippen LogP contribution in [0.1, 0.15) is 41.9 Å². The van der Waals surface area contributed by atoms with E-state index in [0.717, 1.165) is 29.4 Å². The Balaban J connectivity index is 1.25. The molecule has 14 heteroatoms. The Morgan fingerprint density at radius 1 is 1.24 bits per heavy atom. The van der Waals surface area contributed by atoms with Crippen LogP contribution in [0.3, 0.4) is 0 Å². The molecule has 0 spiro atoms.